The number of rotatable bonds is 5. The number of halogens is 1. The third-order valence-corrected chi connectivity index (χ3v) is 6.36. The highest BCUT2D eigenvalue weighted by Gasteiger charge is 2.37. The molecule has 0 spiro atoms. The number of imide groups is 1. The van der Waals surface area contributed by atoms with Gasteiger partial charge in [0.05, 0.1) is 0 Å². The highest BCUT2D eigenvalue weighted by atomic mass is 35.5. The van der Waals surface area contributed by atoms with Gasteiger partial charge < -0.3 is 15.5 Å². The van der Waals surface area contributed by atoms with E-state index in [0.717, 1.165) is 16.7 Å². The number of carbonyl (C=O) groups is 4. The lowest BCUT2D eigenvalue weighted by atomic mass is 10.0. The zero-order valence-electron chi connectivity index (χ0n) is 18.2. The molecule has 8 nitrogen and oxygen atoms in total. The molecular formula is C24H25ClN4O4. The molecule has 2 aromatic rings. The van der Waals surface area contributed by atoms with Crippen LogP contribution in [0.5, 0.6) is 0 Å². The van der Waals surface area contributed by atoms with E-state index in [1.165, 1.54) is 0 Å². The summed E-state index contributed by atoms with van der Waals surface area (Å²) in [4.78, 5) is 50.5. The van der Waals surface area contributed by atoms with Crippen molar-refractivity contribution in [1.82, 2.24) is 15.5 Å². The van der Waals surface area contributed by atoms with Gasteiger partial charge in [-0.05, 0) is 61.1 Å². The lowest BCUT2D eigenvalue weighted by molar-refractivity contribution is -0.132. The minimum absolute atomic E-state index is 0.194. The standard InChI is InChI=1S/C24H25ClN4O4/c1-14-5-7-17(12-19(14)25)27-24(33)26-10-9-15-6-8-18-16(11-15)13-29(23(18)32)20-3-2-4-21(30)28-22(20)31/h5-8,11-12,20H,2-4,9-10,13H2,1H3,(H2,26,27,33)(H,28,30,31). The first-order valence-electron chi connectivity index (χ1n) is 10.9. The molecule has 0 bridgehead atoms. The first-order valence-corrected chi connectivity index (χ1v) is 11.3. The summed E-state index contributed by atoms with van der Waals surface area (Å²) in [6, 6.07) is 9.92. The van der Waals surface area contributed by atoms with E-state index in [9.17, 15) is 19.2 Å². The molecular weight excluding hydrogens is 444 g/mol. The van der Waals surface area contributed by atoms with Crippen molar-refractivity contribution in [2.24, 2.45) is 0 Å². The monoisotopic (exact) mass is 468 g/mol. The molecule has 3 N–H and O–H groups in total. The van der Waals surface area contributed by atoms with Crippen LogP contribution in [0.1, 0.15) is 46.3 Å². The number of hydrogen-bond donors (Lipinski definition) is 3. The van der Waals surface area contributed by atoms with Crippen molar-refractivity contribution in [3.05, 3.63) is 63.7 Å². The maximum Gasteiger partial charge on any atom is 0.319 e. The average Bonchev–Trinajstić information content (AvgIpc) is 2.98. The Hall–Kier alpha value is -3.39. The van der Waals surface area contributed by atoms with E-state index in [4.69, 9.17) is 11.6 Å². The first-order chi connectivity index (χ1) is 15.8. The van der Waals surface area contributed by atoms with Crippen LogP contribution < -0.4 is 16.0 Å². The Labute approximate surface area is 196 Å². The predicted molar refractivity (Wildman–Crippen MR) is 124 cm³/mol. The minimum atomic E-state index is -0.638. The van der Waals surface area contributed by atoms with E-state index in [0.29, 0.717) is 55.0 Å². The summed E-state index contributed by atoms with van der Waals surface area (Å²) in [5.74, 6) is -0.903. The van der Waals surface area contributed by atoms with Crippen molar-refractivity contribution >= 4 is 41.0 Å². The zero-order chi connectivity index (χ0) is 23.5. The Morgan fingerprint density at radius 2 is 2.00 bits per heavy atom. The lowest BCUT2D eigenvalue weighted by Gasteiger charge is -2.24. The van der Waals surface area contributed by atoms with E-state index in [2.05, 4.69) is 16.0 Å². The van der Waals surface area contributed by atoms with Gasteiger partial charge in [0.2, 0.25) is 11.8 Å². The highest BCUT2D eigenvalue weighted by molar-refractivity contribution is 6.31. The Morgan fingerprint density at radius 1 is 1.18 bits per heavy atom. The quantitative estimate of drug-likeness (QED) is 0.586. The summed E-state index contributed by atoms with van der Waals surface area (Å²) in [7, 11) is 0. The SMILES string of the molecule is Cc1ccc(NC(=O)NCCc2ccc3c(c2)CN(C2CCCC(=O)NC2=O)C3=O)cc1Cl. The number of fused-ring (bicyclic) bond motifs is 1. The number of benzene rings is 2. The average molecular weight is 469 g/mol. The molecule has 172 valence electrons. The Balaban J connectivity index is 1.33. The van der Waals surface area contributed by atoms with E-state index < -0.39 is 11.9 Å². The molecule has 0 aliphatic carbocycles. The summed E-state index contributed by atoms with van der Waals surface area (Å²) in [5, 5.41) is 8.51. The fourth-order valence-electron chi connectivity index (χ4n) is 4.14. The number of hydrogen-bond acceptors (Lipinski definition) is 4. The molecule has 1 fully saturated rings. The molecule has 33 heavy (non-hydrogen) atoms. The van der Waals surface area contributed by atoms with Crippen molar-refractivity contribution < 1.29 is 19.2 Å². The van der Waals surface area contributed by atoms with E-state index in [1.54, 1.807) is 23.1 Å². The van der Waals surface area contributed by atoms with Crippen LogP contribution in [0.25, 0.3) is 0 Å². The van der Waals surface area contributed by atoms with E-state index in [-0.39, 0.29) is 17.8 Å². The summed E-state index contributed by atoms with van der Waals surface area (Å²) < 4.78 is 0. The van der Waals surface area contributed by atoms with E-state index in [1.807, 2.05) is 25.1 Å². The molecule has 2 heterocycles. The van der Waals surface area contributed by atoms with Crippen molar-refractivity contribution in [3.8, 4) is 0 Å². The van der Waals surface area contributed by atoms with Crippen LogP contribution in [-0.4, -0.2) is 41.2 Å². The van der Waals surface area contributed by atoms with Crippen molar-refractivity contribution in [2.75, 3.05) is 11.9 Å². The highest BCUT2D eigenvalue weighted by Crippen LogP contribution is 2.28. The van der Waals surface area contributed by atoms with Crippen molar-refractivity contribution in [2.45, 2.75) is 45.2 Å². The van der Waals surface area contributed by atoms with Gasteiger partial charge in [-0.15, -0.1) is 0 Å². The van der Waals surface area contributed by atoms with Gasteiger partial charge in [0.15, 0.2) is 0 Å². The van der Waals surface area contributed by atoms with Crippen molar-refractivity contribution in [3.63, 3.8) is 0 Å². The predicted octanol–water partition coefficient (Wildman–Crippen LogP) is 3.16. The van der Waals surface area contributed by atoms with Crippen molar-refractivity contribution in [1.29, 1.82) is 0 Å². The van der Waals surface area contributed by atoms with Crippen LogP contribution in [0.4, 0.5) is 10.5 Å². The maximum absolute atomic E-state index is 12.9. The molecule has 1 unspecified atom stereocenters. The van der Waals surface area contributed by atoms with Gasteiger partial charge in [-0.25, -0.2) is 4.79 Å². The first kappa shape index (κ1) is 22.8. The van der Waals surface area contributed by atoms with E-state index >= 15 is 0 Å². The zero-order valence-corrected chi connectivity index (χ0v) is 19.0. The van der Waals surface area contributed by atoms with Gasteiger partial charge in [-0.1, -0.05) is 29.8 Å². The molecule has 1 saturated heterocycles. The topological polar surface area (TPSA) is 108 Å². The number of carbonyl (C=O) groups excluding carboxylic acids is 4. The molecule has 2 aliphatic rings. The Bertz CT molecular complexity index is 1130. The molecule has 0 saturated carbocycles. The smallest absolute Gasteiger partial charge is 0.319 e. The lowest BCUT2D eigenvalue weighted by Crippen LogP contribution is -2.46. The van der Waals surface area contributed by atoms with Crippen LogP contribution in [0, 0.1) is 6.92 Å². The minimum Gasteiger partial charge on any atom is -0.338 e. The number of aryl methyl sites for hydroxylation is 1. The molecule has 1 atom stereocenters. The molecule has 4 rings (SSSR count). The number of nitrogens with one attached hydrogen (secondary N) is 3. The van der Waals surface area contributed by atoms with Gasteiger partial charge in [0.25, 0.3) is 5.91 Å². The molecule has 9 heteroatoms. The number of amides is 5. The van der Waals surface area contributed by atoms with Crippen LogP contribution in [0.15, 0.2) is 36.4 Å². The van der Waals surface area contributed by atoms with Gasteiger partial charge >= 0.3 is 6.03 Å². The number of urea groups is 1. The second kappa shape index (κ2) is 9.62. The molecule has 0 radical (unpaired) electrons. The fraction of sp³-hybridized carbons (Fsp3) is 0.333. The molecule has 5 amide bonds. The largest absolute Gasteiger partial charge is 0.338 e. The number of anilines is 1. The summed E-state index contributed by atoms with van der Waals surface area (Å²) >= 11 is 6.08. The Morgan fingerprint density at radius 3 is 2.79 bits per heavy atom. The third kappa shape index (κ3) is 5.17. The normalized spacial score (nSPS) is 17.9. The second-order valence-corrected chi connectivity index (χ2v) is 8.75. The summed E-state index contributed by atoms with van der Waals surface area (Å²) in [6.07, 6.45) is 1.91. The fourth-order valence-corrected chi connectivity index (χ4v) is 4.32. The number of nitrogens with zero attached hydrogens (tertiary/aromatic N) is 1. The third-order valence-electron chi connectivity index (χ3n) is 5.95. The van der Waals surface area contributed by atoms with Crippen LogP contribution in [0.3, 0.4) is 0 Å². The van der Waals surface area contributed by atoms with Gasteiger partial charge in [0.1, 0.15) is 6.04 Å². The van der Waals surface area contributed by atoms with Crippen LogP contribution in [-0.2, 0) is 22.6 Å². The Kier molecular flexibility index (Phi) is 6.65. The molecule has 0 aromatic heterocycles. The van der Waals surface area contributed by atoms with Gasteiger partial charge in [0, 0.05) is 35.8 Å². The summed E-state index contributed by atoms with van der Waals surface area (Å²) in [6.45, 7) is 2.63. The molecule has 2 aliphatic heterocycles. The van der Waals surface area contributed by atoms with Crippen LogP contribution in [0.2, 0.25) is 5.02 Å². The summed E-state index contributed by atoms with van der Waals surface area (Å²) in [5.41, 5.74) is 3.94. The van der Waals surface area contributed by atoms with Gasteiger partial charge in [-0.2, -0.15) is 0 Å². The van der Waals surface area contributed by atoms with Crippen LogP contribution >= 0.6 is 11.6 Å². The maximum atomic E-state index is 12.9. The van der Waals surface area contributed by atoms with Gasteiger partial charge in [-0.3, -0.25) is 19.7 Å². The second-order valence-electron chi connectivity index (χ2n) is 8.34. The molecule has 2 aromatic carbocycles.